The summed E-state index contributed by atoms with van der Waals surface area (Å²) in [4.78, 5) is 15.1. The van der Waals surface area contributed by atoms with Crippen LogP contribution in [0.2, 0.25) is 0 Å². The number of carbonyl (C=O) groups is 1. The van der Waals surface area contributed by atoms with Crippen molar-refractivity contribution < 1.29 is 4.79 Å². The third-order valence-electron chi connectivity index (χ3n) is 2.58. The highest BCUT2D eigenvalue weighted by molar-refractivity contribution is 5.77. The summed E-state index contributed by atoms with van der Waals surface area (Å²) in [5, 5.41) is 0. The quantitative estimate of drug-likeness (QED) is 0.816. The summed E-state index contributed by atoms with van der Waals surface area (Å²) in [6.45, 7) is 1.74. The molecule has 94 valence electrons. The fourth-order valence-corrected chi connectivity index (χ4v) is 1.59. The summed E-state index contributed by atoms with van der Waals surface area (Å²) < 4.78 is 0. The highest BCUT2D eigenvalue weighted by Gasteiger charge is 2.08. The van der Waals surface area contributed by atoms with Crippen LogP contribution in [0, 0.1) is 0 Å². The molecule has 0 saturated heterocycles. The second-order valence-electron chi connectivity index (χ2n) is 4.48. The summed E-state index contributed by atoms with van der Waals surface area (Å²) in [6, 6.07) is 8.14. The Kier molecular flexibility index (Phi) is 5.12. The first kappa shape index (κ1) is 13.7. The van der Waals surface area contributed by atoms with Crippen molar-refractivity contribution in [3.8, 4) is 0 Å². The van der Waals surface area contributed by atoms with Gasteiger partial charge < -0.3 is 10.6 Å². The maximum absolute atomic E-state index is 11.5. The Morgan fingerprint density at radius 1 is 1.24 bits per heavy atom. The first-order valence-electron chi connectivity index (χ1n) is 5.69. The van der Waals surface area contributed by atoms with Gasteiger partial charge in [0.2, 0.25) is 5.91 Å². The van der Waals surface area contributed by atoms with E-state index in [0.717, 1.165) is 12.1 Å². The van der Waals surface area contributed by atoms with Crippen molar-refractivity contribution in [3.05, 3.63) is 35.4 Å². The molecule has 4 nitrogen and oxygen atoms in total. The van der Waals surface area contributed by atoms with E-state index < -0.39 is 0 Å². The molecule has 0 saturated carbocycles. The molecular formula is C13H21N3O. The first-order valence-corrected chi connectivity index (χ1v) is 5.69. The second-order valence-corrected chi connectivity index (χ2v) is 4.48. The van der Waals surface area contributed by atoms with E-state index in [1.807, 2.05) is 24.1 Å². The third-order valence-corrected chi connectivity index (χ3v) is 2.58. The molecular weight excluding hydrogens is 214 g/mol. The van der Waals surface area contributed by atoms with Gasteiger partial charge in [-0.2, -0.15) is 0 Å². The van der Waals surface area contributed by atoms with Gasteiger partial charge in [-0.15, -0.1) is 0 Å². The summed E-state index contributed by atoms with van der Waals surface area (Å²) in [6.07, 6.45) is 0. The molecule has 0 bridgehead atoms. The van der Waals surface area contributed by atoms with Crippen molar-refractivity contribution in [3.63, 3.8) is 0 Å². The van der Waals surface area contributed by atoms with Crippen molar-refractivity contribution in [2.75, 3.05) is 27.7 Å². The van der Waals surface area contributed by atoms with Gasteiger partial charge in [-0.05, 0) is 18.2 Å². The van der Waals surface area contributed by atoms with Crippen molar-refractivity contribution >= 4 is 5.91 Å². The monoisotopic (exact) mass is 235 g/mol. The Morgan fingerprint density at radius 2 is 1.88 bits per heavy atom. The molecule has 0 aliphatic rings. The Balaban J connectivity index is 2.55. The molecule has 0 aliphatic heterocycles. The van der Waals surface area contributed by atoms with Crippen molar-refractivity contribution in [1.82, 2.24) is 9.80 Å². The molecule has 0 unspecified atom stereocenters. The molecule has 2 N–H and O–H groups in total. The van der Waals surface area contributed by atoms with Crippen molar-refractivity contribution in [2.45, 2.75) is 13.1 Å². The van der Waals surface area contributed by atoms with E-state index in [-0.39, 0.29) is 5.91 Å². The minimum absolute atomic E-state index is 0.113. The van der Waals surface area contributed by atoms with Gasteiger partial charge in [0.1, 0.15) is 0 Å². The van der Waals surface area contributed by atoms with Crippen LogP contribution < -0.4 is 5.73 Å². The molecule has 0 heterocycles. The molecule has 17 heavy (non-hydrogen) atoms. The van der Waals surface area contributed by atoms with Crippen LogP contribution in [-0.4, -0.2) is 43.4 Å². The average molecular weight is 235 g/mol. The van der Waals surface area contributed by atoms with E-state index in [4.69, 9.17) is 5.73 Å². The van der Waals surface area contributed by atoms with Gasteiger partial charge in [0.15, 0.2) is 0 Å². The Morgan fingerprint density at radius 3 is 2.47 bits per heavy atom. The van der Waals surface area contributed by atoms with Crippen LogP contribution in [-0.2, 0) is 17.9 Å². The van der Waals surface area contributed by atoms with Gasteiger partial charge in [0, 0.05) is 27.2 Å². The zero-order chi connectivity index (χ0) is 12.8. The van der Waals surface area contributed by atoms with Gasteiger partial charge in [0.25, 0.3) is 0 Å². The summed E-state index contributed by atoms with van der Waals surface area (Å²) in [5.74, 6) is 0.113. The molecule has 1 amide bonds. The van der Waals surface area contributed by atoms with Crippen molar-refractivity contribution in [2.24, 2.45) is 5.73 Å². The molecule has 1 rings (SSSR count). The SMILES string of the molecule is CN(CC(=O)N(C)C)Cc1cccc(CN)c1. The minimum atomic E-state index is 0.113. The standard InChI is InChI=1S/C13H21N3O/c1-15(2)13(17)10-16(3)9-12-6-4-5-11(7-12)8-14/h4-7H,8-10,14H2,1-3H3. The van der Waals surface area contributed by atoms with Gasteiger partial charge in [-0.25, -0.2) is 0 Å². The molecule has 1 aromatic carbocycles. The molecule has 0 spiro atoms. The Labute approximate surface area is 103 Å². The number of amides is 1. The number of rotatable bonds is 5. The summed E-state index contributed by atoms with van der Waals surface area (Å²) in [7, 11) is 5.48. The third kappa shape index (κ3) is 4.54. The van der Waals surface area contributed by atoms with E-state index in [9.17, 15) is 4.79 Å². The van der Waals surface area contributed by atoms with Crippen LogP contribution in [0.5, 0.6) is 0 Å². The Hall–Kier alpha value is -1.39. The number of hydrogen-bond donors (Lipinski definition) is 1. The topological polar surface area (TPSA) is 49.6 Å². The van der Waals surface area contributed by atoms with E-state index in [1.54, 1.807) is 19.0 Å². The molecule has 1 aromatic rings. The maximum atomic E-state index is 11.5. The number of hydrogen-bond acceptors (Lipinski definition) is 3. The van der Waals surface area contributed by atoms with Gasteiger partial charge in [-0.1, -0.05) is 24.3 Å². The minimum Gasteiger partial charge on any atom is -0.348 e. The second kappa shape index (κ2) is 6.37. The van der Waals surface area contributed by atoms with E-state index in [0.29, 0.717) is 13.1 Å². The molecule has 0 atom stereocenters. The van der Waals surface area contributed by atoms with Crippen LogP contribution in [0.3, 0.4) is 0 Å². The largest absolute Gasteiger partial charge is 0.348 e. The lowest BCUT2D eigenvalue weighted by Crippen LogP contribution is -2.34. The van der Waals surface area contributed by atoms with Crippen LogP contribution in [0.25, 0.3) is 0 Å². The zero-order valence-corrected chi connectivity index (χ0v) is 10.8. The maximum Gasteiger partial charge on any atom is 0.236 e. The normalized spacial score (nSPS) is 10.6. The predicted molar refractivity (Wildman–Crippen MR) is 69.4 cm³/mol. The molecule has 0 fully saturated rings. The number of nitrogens with zero attached hydrogens (tertiary/aromatic N) is 2. The van der Waals surface area contributed by atoms with Crippen LogP contribution >= 0.6 is 0 Å². The van der Waals surface area contributed by atoms with Gasteiger partial charge in [0.05, 0.1) is 6.54 Å². The fraction of sp³-hybridized carbons (Fsp3) is 0.462. The lowest BCUT2D eigenvalue weighted by molar-refractivity contribution is -0.129. The smallest absolute Gasteiger partial charge is 0.236 e. The number of carbonyl (C=O) groups excluding carboxylic acids is 1. The van der Waals surface area contributed by atoms with E-state index in [2.05, 4.69) is 12.1 Å². The molecule has 0 aliphatic carbocycles. The van der Waals surface area contributed by atoms with Crippen LogP contribution in [0.4, 0.5) is 0 Å². The zero-order valence-electron chi connectivity index (χ0n) is 10.8. The van der Waals surface area contributed by atoms with Gasteiger partial charge in [-0.3, -0.25) is 9.69 Å². The number of likely N-dealkylation sites (N-methyl/N-ethyl adjacent to an activating group) is 2. The van der Waals surface area contributed by atoms with Gasteiger partial charge >= 0.3 is 0 Å². The lowest BCUT2D eigenvalue weighted by atomic mass is 10.1. The highest BCUT2D eigenvalue weighted by Crippen LogP contribution is 2.07. The summed E-state index contributed by atoms with van der Waals surface area (Å²) in [5.41, 5.74) is 7.90. The number of nitrogens with two attached hydrogens (primary N) is 1. The van der Waals surface area contributed by atoms with E-state index in [1.165, 1.54) is 5.56 Å². The fourth-order valence-electron chi connectivity index (χ4n) is 1.59. The summed E-state index contributed by atoms with van der Waals surface area (Å²) >= 11 is 0. The highest BCUT2D eigenvalue weighted by atomic mass is 16.2. The molecule has 0 aromatic heterocycles. The predicted octanol–water partition coefficient (Wildman–Crippen LogP) is 0.665. The average Bonchev–Trinajstić information content (AvgIpc) is 2.28. The molecule has 0 radical (unpaired) electrons. The van der Waals surface area contributed by atoms with Crippen molar-refractivity contribution in [1.29, 1.82) is 0 Å². The van der Waals surface area contributed by atoms with E-state index >= 15 is 0 Å². The number of benzene rings is 1. The Bertz CT molecular complexity index is 377. The van der Waals surface area contributed by atoms with Crippen LogP contribution in [0.15, 0.2) is 24.3 Å². The molecule has 4 heteroatoms. The van der Waals surface area contributed by atoms with Crippen LogP contribution in [0.1, 0.15) is 11.1 Å². The lowest BCUT2D eigenvalue weighted by Gasteiger charge is -2.19. The first-order chi connectivity index (χ1) is 8.02.